The van der Waals surface area contributed by atoms with Crippen LogP contribution in [0.25, 0.3) is 11.3 Å². The lowest BCUT2D eigenvalue weighted by molar-refractivity contribution is -0.119. The van der Waals surface area contributed by atoms with Gasteiger partial charge >= 0.3 is 0 Å². The number of benzene rings is 2. The molecule has 0 N–H and O–H groups in total. The van der Waals surface area contributed by atoms with E-state index in [9.17, 15) is 9.59 Å². The Morgan fingerprint density at radius 2 is 1.69 bits per heavy atom. The zero-order valence-corrected chi connectivity index (χ0v) is 14.9. The van der Waals surface area contributed by atoms with Crippen molar-refractivity contribution in [2.75, 3.05) is 0 Å². The molecule has 0 amide bonds. The SMILES string of the molecule is Cc1ccc(CCCC(=O)Cn2nc(-c3ccccc3)ccc2=O)cc1. The standard InChI is InChI=1S/C22H22N2O2/c1-17-10-12-18(13-11-17)6-5-9-20(25)16-24-22(26)15-14-21(23-24)19-7-3-2-4-8-19/h2-4,7-8,10-15H,5-6,9,16H2,1H3. The largest absolute Gasteiger partial charge is 0.298 e. The molecule has 3 aromatic rings. The summed E-state index contributed by atoms with van der Waals surface area (Å²) in [6, 6.07) is 21.1. The normalized spacial score (nSPS) is 10.7. The quantitative estimate of drug-likeness (QED) is 0.654. The number of aromatic nitrogens is 2. The topological polar surface area (TPSA) is 52.0 Å². The van der Waals surface area contributed by atoms with Crippen LogP contribution in [0.3, 0.4) is 0 Å². The molecule has 26 heavy (non-hydrogen) atoms. The van der Waals surface area contributed by atoms with Crippen molar-refractivity contribution in [3.8, 4) is 11.3 Å². The lowest BCUT2D eigenvalue weighted by Gasteiger charge is -2.07. The van der Waals surface area contributed by atoms with Gasteiger partial charge in [-0.15, -0.1) is 0 Å². The van der Waals surface area contributed by atoms with E-state index in [2.05, 4.69) is 36.3 Å². The number of nitrogens with zero attached hydrogens (tertiary/aromatic N) is 2. The molecule has 0 radical (unpaired) electrons. The second-order valence-corrected chi connectivity index (χ2v) is 6.46. The molecule has 0 bridgehead atoms. The molecule has 4 heteroatoms. The van der Waals surface area contributed by atoms with Gasteiger partial charge in [-0.05, 0) is 31.4 Å². The van der Waals surface area contributed by atoms with Gasteiger partial charge in [0.25, 0.3) is 5.56 Å². The minimum Gasteiger partial charge on any atom is -0.298 e. The number of aryl methyl sites for hydroxylation is 2. The molecule has 0 aliphatic heterocycles. The van der Waals surface area contributed by atoms with E-state index in [0.29, 0.717) is 12.1 Å². The van der Waals surface area contributed by atoms with Gasteiger partial charge in [0.1, 0.15) is 6.54 Å². The smallest absolute Gasteiger partial charge is 0.267 e. The Morgan fingerprint density at radius 1 is 0.962 bits per heavy atom. The molecule has 1 heterocycles. The van der Waals surface area contributed by atoms with E-state index < -0.39 is 0 Å². The van der Waals surface area contributed by atoms with Gasteiger partial charge in [0.05, 0.1) is 5.69 Å². The average molecular weight is 346 g/mol. The molecule has 1 aromatic heterocycles. The fraction of sp³-hybridized carbons (Fsp3) is 0.227. The van der Waals surface area contributed by atoms with E-state index >= 15 is 0 Å². The van der Waals surface area contributed by atoms with E-state index in [4.69, 9.17) is 0 Å². The van der Waals surface area contributed by atoms with Gasteiger partial charge in [-0.3, -0.25) is 9.59 Å². The maximum absolute atomic E-state index is 12.3. The van der Waals surface area contributed by atoms with Crippen LogP contribution >= 0.6 is 0 Å². The Labute approximate surface area is 153 Å². The van der Waals surface area contributed by atoms with Crippen molar-refractivity contribution in [3.63, 3.8) is 0 Å². The molecular formula is C22H22N2O2. The molecule has 0 saturated carbocycles. The fourth-order valence-electron chi connectivity index (χ4n) is 2.82. The maximum Gasteiger partial charge on any atom is 0.267 e. The summed E-state index contributed by atoms with van der Waals surface area (Å²) in [5.41, 5.74) is 3.82. The fourth-order valence-corrected chi connectivity index (χ4v) is 2.82. The Morgan fingerprint density at radius 3 is 2.42 bits per heavy atom. The van der Waals surface area contributed by atoms with Crippen LogP contribution in [0.5, 0.6) is 0 Å². The molecule has 0 aliphatic carbocycles. The zero-order valence-electron chi connectivity index (χ0n) is 14.9. The highest BCUT2D eigenvalue weighted by molar-refractivity contribution is 5.78. The number of carbonyl (C=O) groups excluding carboxylic acids is 1. The molecule has 0 aliphatic rings. The van der Waals surface area contributed by atoms with Crippen LogP contribution in [0.15, 0.2) is 71.5 Å². The van der Waals surface area contributed by atoms with Crippen molar-refractivity contribution in [2.24, 2.45) is 0 Å². The Bertz CT molecular complexity index is 928. The molecular weight excluding hydrogens is 324 g/mol. The van der Waals surface area contributed by atoms with Crippen molar-refractivity contribution in [2.45, 2.75) is 32.7 Å². The first-order chi connectivity index (χ1) is 12.6. The summed E-state index contributed by atoms with van der Waals surface area (Å²) in [5, 5.41) is 4.34. The van der Waals surface area contributed by atoms with Gasteiger partial charge in [-0.25, -0.2) is 4.68 Å². The molecule has 4 nitrogen and oxygen atoms in total. The third-order valence-corrected chi connectivity index (χ3v) is 4.30. The van der Waals surface area contributed by atoms with Crippen LogP contribution in [0.4, 0.5) is 0 Å². The summed E-state index contributed by atoms with van der Waals surface area (Å²) < 4.78 is 1.26. The number of carbonyl (C=O) groups is 1. The molecule has 132 valence electrons. The van der Waals surface area contributed by atoms with Crippen molar-refractivity contribution in [1.29, 1.82) is 0 Å². The van der Waals surface area contributed by atoms with E-state index in [0.717, 1.165) is 18.4 Å². The number of ketones is 1. The van der Waals surface area contributed by atoms with Crippen LogP contribution in [0.2, 0.25) is 0 Å². The highest BCUT2D eigenvalue weighted by atomic mass is 16.1. The summed E-state index contributed by atoms with van der Waals surface area (Å²) in [4.78, 5) is 24.3. The Hall–Kier alpha value is -3.01. The highest BCUT2D eigenvalue weighted by Crippen LogP contribution is 2.14. The van der Waals surface area contributed by atoms with Gasteiger partial charge in [0.2, 0.25) is 0 Å². The van der Waals surface area contributed by atoms with Crippen LogP contribution in [0.1, 0.15) is 24.0 Å². The lowest BCUT2D eigenvalue weighted by Crippen LogP contribution is -2.26. The molecule has 0 unspecified atom stereocenters. The van der Waals surface area contributed by atoms with Gasteiger partial charge in [-0.2, -0.15) is 5.10 Å². The van der Waals surface area contributed by atoms with Crippen molar-refractivity contribution >= 4 is 5.78 Å². The van der Waals surface area contributed by atoms with E-state index in [-0.39, 0.29) is 17.9 Å². The van der Waals surface area contributed by atoms with Gasteiger partial charge in [-0.1, -0.05) is 60.2 Å². The average Bonchev–Trinajstić information content (AvgIpc) is 2.66. The first-order valence-electron chi connectivity index (χ1n) is 8.83. The predicted molar refractivity (Wildman–Crippen MR) is 103 cm³/mol. The molecule has 0 saturated heterocycles. The third-order valence-electron chi connectivity index (χ3n) is 4.30. The summed E-state index contributed by atoms with van der Waals surface area (Å²) in [6.07, 6.45) is 2.07. The molecule has 0 spiro atoms. The van der Waals surface area contributed by atoms with Crippen LogP contribution in [0, 0.1) is 6.92 Å². The minimum atomic E-state index is -0.253. The monoisotopic (exact) mass is 346 g/mol. The Kier molecular flexibility index (Phi) is 5.74. The summed E-state index contributed by atoms with van der Waals surface area (Å²) in [6.45, 7) is 2.08. The maximum atomic E-state index is 12.3. The number of Topliss-reactive ketones (excluding diaryl/α,β-unsaturated/α-hetero) is 1. The van der Waals surface area contributed by atoms with E-state index in [1.165, 1.54) is 21.9 Å². The summed E-state index contributed by atoms with van der Waals surface area (Å²) in [7, 11) is 0. The molecule has 0 fully saturated rings. The second kappa shape index (κ2) is 8.39. The number of rotatable bonds is 7. The lowest BCUT2D eigenvalue weighted by atomic mass is 10.1. The number of hydrogen-bond donors (Lipinski definition) is 0. The van der Waals surface area contributed by atoms with Crippen LogP contribution in [-0.2, 0) is 17.8 Å². The summed E-state index contributed by atoms with van der Waals surface area (Å²) >= 11 is 0. The Balaban J connectivity index is 1.60. The third kappa shape index (κ3) is 4.76. The molecule has 0 atom stereocenters. The number of hydrogen-bond acceptors (Lipinski definition) is 3. The van der Waals surface area contributed by atoms with E-state index in [1.807, 2.05) is 30.3 Å². The van der Waals surface area contributed by atoms with Crippen molar-refractivity contribution < 1.29 is 4.79 Å². The van der Waals surface area contributed by atoms with Crippen LogP contribution < -0.4 is 5.56 Å². The summed E-state index contributed by atoms with van der Waals surface area (Å²) in [5.74, 6) is 0.0249. The van der Waals surface area contributed by atoms with Gasteiger partial charge < -0.3 is 0 Å². The second-order valence-electron chi connectivity index (χ2n) is 6.46. The molecule has 3 rings (SSSR count). The van der Waals surface area contributed by atoms with Crippen LogP contribution in [-0.4, -0.2) is 15.6 Å². The first-order valence-corrected chi connectivity index (χ1v) is 8.83. The van der Waals surface area contributed by atoms with Gasteiger partial charge in [0, 0.05) is 18.1 Å². The van der Waals surface area contributed by atoms with Crippen molar-refractivity contribution in [3.05, 3.63) is 88.2 Å². The highest BCUT2D eigenvalue weighted by Gasteiger charge is 2.08. The minimum absolute atomic E-state index is 0.0212. The van der Waals surface area contributed by atoms with Gasteiger partial charge in [0.15, 0.2) is 5.78 Å². The first kappa shape index (κ1) is 17.8. The zero-order chi connectivity index (χ0) is 18.4. The van der Waals surface area contributed by atoms with Crippen molar-refractivity contribution in [1.82, 2.24) is 9.78 Å². The molecule has 2 aromatic carbocycles. The van der Waals surface area contributed by atoms with E-state index in [1.54, 1.807) is 6.07 Å². The predicted octanol–water partition coefficient (Wildman–Crippen LogP) is 3.81.